The summed E-state index contributed by atoms with van der Waals surface area (Å²) in [5.41, 5.74) is 0. The van der Waals surface area contributed by atoms with E-state index in [9.17, 15) is 8.42 Å². The van der Waals surface area contributed by atoms with Gasteiger partial charge in [0.1, 0.15) is 5.37 Å². The van der Waals surface area contributed by atoms with Crippen molar-refractivity contribution >= 4 is 21.6 Å². The zero-order valence-electron chi connectivity index (χ0n) is 13.8. The average molecular weight is 337 g/mol. The number of rotatable bonds is 10. The lowest BCUT2D eigenvalue weighted by Crippen LogP contribution is -2.50. The van der Waals surface area contributed by atoms with Crippen LogP contribution in [0.3, 0.4) is 0 Å². The van der Waals surface area contributed by atoms with E-state index in [2.05, 4.69) is 24.1 Å². The molecule has 0 radical (unpaired) electrons. The predicted octanol–water partition coefficient (Wildman–Crippen LogP) is 2.35. The maximum Gasteiger partial charge on any atom is 0.166 e. The Morgan fingerprint density at radius 3 is 2.76 bits per heavy atom. The Morgan fingerprint density at radius 2 is 2.10 bits per heavy atom. The van der Waals surface area contributed by atoms with Crippen molar-refractivity contribution in [3.63, 3.8) is 0 Å². The van der Waals surface area contributed by atoms with E-state index in [-0.39, 0.29) is 11.1 Å². The van der Waals surface area contributed by atoms with Crippen LogP contribution in [0.25, 0.3) is 0 Å². The van der Waals surface area contributed by atoms with E-state index in [0.717, 1.165) is 31.1 Å². The summed E-state index contributed by atoms with van der Waals surface area (Å²) >= 11 is 1.76. The van der Waals surface area contributed by atoms with Gasteiger partial charge in [-0.05, 0) is 13.3 Å². The molecule has 1 aliphatic rings. The highest BCUT2D eigenvalue weighted by Gasteiger charge is 2.32. The van der Waals surface area contributed by atoms with E-state index in [4.69, 9.17) is 0 Å². The molecular weight excluding hydrogens is 304 g/mol. The van der Waals surface area contributed by atoms with Gasteiger partial charge < -0.3 is 5.32 Å². The van der Waals surface area contributed by atoms with Crippen molar-refractivity contribution in [2.24, 2.45) is 0 Å². The van der Waals surface area contributed by atoms with Crippen molar-refractivity contribution < 1.29 is 8.42 Å². The summed E-state index contributed by atoms with van der Waals surface area (Å²) in [7, 11) is -2.96. The summed E-state index contributed by atoms with van der Waals surface area (Å²) in [5.74, 6) is 2.01. The van der Waals surface area contributed by atoms with Gasteiger partial charge in [-0.2, -0.15) is 11.8 Å². The molecule has 1 saturated heterocycles. The maximum atomic E-state index is 12.2. The normalized spacial score (nSPS) is 22.3. The lowest BCUT2D eigenvalue weighted by molar-refractivity contribution is 0.264. The van der Waals surface area contributed by atoms with Gasteiger partial charge in [-0.1, -0.05) is 33.1 Å². The van der Waals surface area contributed by atoms with Crippen molar-refractivity contribution in [3.05, 3.63) is 0 Å². The molecule has 21 heavy (non-hydrogen) atoms. The van der Waals surface area contributed by atoms with Gasteiger partial charge in [0, 0.05) is 42.9 Å². The first-order valence-corrected chi connectivity index (χ1v) is 11.1. The molecule has 6 heteroatoms. The van der Waals surface area contributed by atoms with E-state index in [1.54, 1.807) is 18.7 Å². The zero-order valence-corrected chi connectivity index (χ0v) is 15.4. The highest BCUT2D eigenvalue weighted by Crippen LogP contribution is 2.20. The van der Waals surface area contributed by atoms with Crippen LogP contribution >= 0.6 is 11.8 Å². The standard InChI is InChI=1S/C15H32N2O2S2/c1-4-6-7-8-14(3)16-9-10-17-11-12-20-13-15(17)21(18,19)5-2/h14-16H,4-13H2,1-3H3. The second-order valence-corrected chi connectivity index (χ2v) is 9.47. The predicted molar refractivity (Wildman–Crippen MR) is 93.8 cm³/mol. The van der Waals surface area contributed by atoms with E-state index in [1.165, 1.54) is 25.7 Å². The third kappa shape index (κ3) is 6.89. The quantitative estimate of drug-likeness (QED) is 0.621. The molecule has 0 saturated carbocycles. The molecule has 126 valence electrons. The number of thioether (sulfide) groups is 1. The van der Waals surface area contributed by atoms with Crippen LogP contribution in [0.15, 0.2) is 0 Å². The Kier molecular flexibility index (Phi) is 9.25. The Morgan fingerprint density at radius 1 is 1.33 bits per heavy atom. The molecule has 2 atom stereocenters. The van der Waals surface area contributed by atoms with Crippen LogP contribution in [0.2, 0.25) is 0 Å². The van der Waals surface area contributed by atoms with Crippen molar-refractivity contribution in [2.45, 2.75) is 57.9 Å². The molecule has 0 aromatic rings. The number of nitrogens with one attached hydrogen (secondary N) is 1. The van der Waals surface area contributed by atoms with Gasteiger partial charge in [0.25, 0.3) is 0 Å². The van der Waals surface area contributed by atoms with Gasteiger partial charge in [-0.25, -0.2) is 8.42 Å². The molecule has 1 N–H and O–H groups in total. The number of hydrogen-bond donors (Lipinski definition) is 1. The smallest absolute Gasteiger partial charge is 0.166 e. The third-order valence-corrected chi connectivity index (χ3v) is 7.47. The highest BCUT2D eigenvalue weighted by molar-refractivity contribution is 8.01. The summed E-state index contributed by atoms with van der Waals surface area (Å²) < 4.78 is 24.3. The minimum Gasteiger partial charge on any atom is -0.313 e. The fourth-order valence-corrected chi connectivity index (χ4v) is 5.76. The summed E-state index contributed by atoms with van der Waals surface area (Å²) in [6.45, 7) is 8.81. The molecule has 0 amide bonds. The van der Waals surface area contributed by atoms with Crippen LogP contribution in [-0.4, -0.2) is 61.6 Å². The molecule has 1 aliphatic heterocycles. The molecule has 1 rings (SSSR count). The number of unbranched alkanes of at least 4 members (excludes halogenated alkanes) is 2. The van der Waals surface area contributed by atoms with Crippen LogP contribution in [-0.2, 0) is 9.84 Å². The zero-order chi connectivity index (χ0) is 15.7. The number of hydrogen-bond acceptors (Lipinski definition) is 5. The van der Waals surface area contributed by atoms with Crippen molar-refractivity contribution in [1.29, 1.82) is 0 Å². The number of nitrogens with zero attached hydrogens (tertiary/aromatic N) is 1. The minimum absolute atomic E-state index is 0.246. The Bertz CT molecular complexity index is 374. The van der Waals surface area contributed by atoms with Gasteiger partial charge in [0.2, 0.25) is 0 Å². The van der Waals surface area contributed by atoms with Crippen molar-refractivity contribution in [3.8, 4) is 0 Å². The van der Waals surface area contributed by atoms with Crippen molar-refractivity contribution in [2.75, 3.05) is 36.9 Å². The first-order valence-electron chi connectivity index (χ1n) is 8.28. The van der Waals surface area contributed by atoms with Crippen LogP contribution in [0.5, 0.6) is 0 Å². The fraction of sp³-hybridized carbons (Fsp3) is 1.00. The van der Waals surface area contributed by atoms with E-state index < -0.39 is 9.84 Å². The van der Waals surface area contributed by atoms with Crippen LogP contribution in [0, 0.1) is 0 Å². The maximum absolute atomic E-state index is 12.2. The molecule has 2 unspecified atom stereocenters. The molecule has 0 aromatic heterocycles. The van der Waals surface area contributed by atoms with Gasteiger partial charge in [-0.15, -0.1) is 0 Å². The summed E-state index contributed by atoms with van der Waals surface area (Å²) in [5, 5.41) is 3.26. The Labute approximate surface area is 135 Å². The van der Waals surface area contributed by atoms with Crippen LogP contribution in [0.1, 0.15) is 46.5 Å². The van der Waals surface area contributed by atoms with Gasteiger partial charge >= 0.3 is 0 Å². The molecule has 0 spiro atoms. The molecule has 0 aromatic carbocycles. The Balaban J connectivity index is 2.34. The van der Waals surface area contributed by atoms with E-state index in [0.29, 0.717) is 6.04 Å². The second kappa shape index (κ2) is 10.1. The van der Waals surface area contributed by atoms with E-state index in [1.807, 2.05) is 0 Å². The van der Waals surface area contributed by atoms with E-state index >= 15 is 0 Å². The topological polar surface area (TPSA) is 49.4 Å². The van der Waals surface area contributed by atoms with Crippen LogP contribution in [0.4, 0.5) is 0 Å². The first-order chi connectivity index (χ1) is 10.0. The first kappa shape index (κ1) is 19.3. The lowest BCUT2D eigenvalue weighted by Gasteiger charge is -2.34. The molecular formula is C15H32N2O2S2. The molecule has 1 heterocycles. The lowest BCUT2D eigenvalue weighted by atomic mass is 10.1. The summed E-state index contributed by atoms with van der Waals surface area (Å²) in [4.78, 5) is 2.15. The summed E-state index contributed by atoms with van der Waals surface area (Å²) in [6, 6.07) is 0.525. The van der Waals surface area contributed by atoms with Gasteiger partial charge in [-0.3, -0.25) is 4.90 Å². The summed E-state index contributed by atoms with van der Waals surface area (Å²) in [6.07, 6.45) is 5.04. The Hall–Kier alpha value is 0.220. The minimum atomic E-state index is -2.96. The number of sulfone groups is 1. The second-order valence-electron chi connectivity index (χ2n) is 5.87. The van der Waals surface area contributed by atoms with Gasteiger partial charge in [0.15, 0.2) is 9.84 Å². The SMILES string of the molecule is CCCCCC(C)NCCN1CCSCC1S(=O)(=O)CC. The monoisotopic (exact) mass is 336 g/mol. The average Bonchev–Trinajstić information content (AvgIpc) is 2.48. The molecule has 0 aliphatic carbocycles. The largest absolute Gasteiger partial charge is 0.313 e. The molecule has 4 nitrogen and oxygen atoms in total. The molecule has 0 bridgehead atoms. The fourth-order valence-electron chi connectivity index (χ4n) is 2.65. The molecule has 1 fully saturated rings. The van der Waals surface area contributed by atoms with Gasteiger partial charge in [0.05, 0.1) is 0 Å². The van der Waals surface area contributed by atoms with Crippen LogP contribution < -0.4 is 5.32 Å². The highest BCUT2D eigenvalue weighted by atomic mass is 32.2. The third-order valence-electron chi connectivity index (χ3n) is 4.14. The van der Waals surface area contributed by atoms with Crippen molar-refractivity contribution in [1.82, 2.24) is 10.2 Å².